The summed E-state index contributed by atoms with van der Waals surface area (Å²) in [6, 6.07) is 4.28. The second kappa shape index (κ2) is 12.3. The van der Waals surface area contributed by atoms with Crippen LogP contribution in [0.25, 0.3) is 0 Å². The summed E-state index contributed by atoms with van der Waals surface area (Å²) in [7, 11) is 4.86. The number of halogens is 1. The van der Waals surface area contributed by atoms with E-state index in [-0.39, 0.29) is 23.3 Å². The Hall–Kier alpha value is -2.98. The third kappa shape index (κ3) is 6.22. The van der Waals surface area contributed by atoms with Crippen molar-refractivity contribution in [2.24, 2.45) is 10.9 Å². The Bertz CT molecular complexity index is 1130. The van der Waals surface area contributed by atoms with Gasteiger partial charge in [-0.25, -0.2) is 19.0 Å². The number of esters is 1. The number of nitrogens with zero attached hydrogens (tertiary/aromatic N) is 2. The van der Waals surface area contributed by atoms with Crippen LogP contribution in [-0.4, -0.2) is 62.1 Å². The molecule has 2 N–H and O–H groups in total. The Kier molecular flexibility index (Phi) is 9.44. The molecular weight excluding hydrogens is 483 g/mol. The molecule has 0 radical (unpaired) electrons. The fraction of sp³-hybridized carbons (Fsp3) is 0.462. The van der Waals surface area contributed by atoms with E-state index >= 15 is 0 Å². The van der Waals surface area contributed by atoms with Crippen LogP contribution in [0.4, 0.5) is 10.1 Å². The van der Waals surface area contributed by atoms with Crippen molar-refractivity contribution in [2.75, 3.05) is 26.5 Å². The molecule has 1 aliphatic heterocycles. The molecule has 194 valence electrons. The van der Waals surface area contributed by atoms with E-state index in [1.807, 2.05) is 13.1 Å². The Labute approximate surface area is 215 Å². The molecule has 36 heavy (non-hydrogen) atoms. The molecule has 8 nitrogen and oxygen atoms in total. The number of amides is 1. The summed E-state index contributed by atoms with van der Waals surface area (Å²) in [6.45, 7) is 7.06. The minimum absolute atomic E-state index is 0.0202. The fourth-order valence-corrected chi connectivity index (χ4v) is 5.62. The Morgan fingerprint density at radius 1 is 1.31 bits per heavy atom. The number of hydrogen-bond acceptors (Lipinski definition) is 8. The van der Waals surface area contributed by atoms with Crippen molar-refractivity contribution in [3.63, 3.8) is 0 Å². The lowest BCUT2D eigenvalue weighted by Gasteiger charge is -2.29. The maximum absolute atomic E-state index is 14.3. The van der Waals surface area contributed by atoms with Crippen molar-refractivity contribution >= 4 is 42.3 Å². The van der Waals surface area contributed by atoms with Crippen LogP contribution in [0.15, 0.2) is 45.1 Å². The van der Waals surface area contributed by atoms with Gasteiger partial charge in [0.2, 0.25) is 0 Å². The summed E-state index contributed by atoms with van der Waals surface area (Å²) in [5.41, 5.74) is 2.00. The second-order valence-electron chi connectivity index (χ2n) is 8.80. The average molecular weight is 518 g/mol. The molecular formula is C26H34FN4O4S+. The van der Waals surface area contributed by atoms with Gasteiger partial charge in [0.1, 0.15) is 30.5 Å². The summed E-state index contributed by atoms with van der Waals surface area (Å²) < 4.78 is 27.2. The van der Waals surface area contributed by atoms with Gasteiger partial charge in [-0.05, 0) is 57.7 Å². The molecule has 0 bridgehead atoms. The first-order chi connectivity index (χ1) is 17.2. The van der Waals surface area contributed by atoms with Gasteiger partial charge in [0, 0.05) is 11.6 Å². The van der Waals surface area contributed by atoms with E-state index in [9.17, 15) is 14.0 Å². The van der Waals surface area contributed by atoms with Gasteiger partial charge in [-0.3, -0.25) is 0 Å². The normalized spacial score (nSPS) is 23.8. The van der Waals surface area contributed by atoms with Gasteiger partial charge in [0.25, 0.3) is 0 Å². The number of hydrogen-bond donors (Lipinski definition) is 2. The van der Waals surface area contributed by atoms with Crippen molar-refractivity contribution in [1.29, 1.82) is 0 Å². The zero-order valence-corrected chi connectivity index (χ0v) is 22.2. The molecule has 3 unspecified atom stereocenters. The van der Waals surface area contributed by atoms with Crippen LogP contribution >= 0.6 is 11.8 Å². The molecule has 2 aliphatic rings. The predicted molar refractivity (Wildman–Crippen MR) is 141 cm³/mol. The Morgan fingerprint density at radius 3 is 2.67 bits per heavy atom. The smallest absolute Gasteiger partial charge is 0.383 e. The summed E-state index contributed by atoms with van der Waals surface area (Å²) in [5, 5.41) is 6.17. The number of anilines is 1. The quantitative estimate of drug-likeness (QED) is 0.305. The topological polar surface area (TPSA) is 92.0 Å². The minimum atomic E-state index is -0.429. The monoisotopic (exact) mass is 517 g/mol. The van der Waals surface area contributed by atoms with Crippen molar-refractivity contribution in [1.82, 2.24) is 5.32 Å². The molecule has 10 heteroatoms. The molecule has 1 saturated carbocycles. The summed E-state index contributed by atoms with van der Waals surface area (Å²) in [5.74, 6) is -0.109. The highest BCUT2D eigenvalue weighted by Gasteiger charge is 2.34. The number of carbonyl (C=O) groups is 2. The van der Waals surface area contributed by atoms with Gasteiger partial charge >= 0.3 is 11.9 Å². The van der Waals surface area contributed by atoms with Gasteiger partial charge in [-0.15, -0.1) is 0 Å². The zero-order chi connectivity index (χ0) is 26.4. The lowest BCUT2D eigenvalue weighted by Crippen LogP contribution is -2.34. The van der Waals surface area contributed by atoms with E-state index in [0.29, 0.717) is 22.2 Å². The molecule has 1 aliphatic carbocycles. The largest absolute Gasteiger partial charge is 0.487 e. The molecule has 1 heterocycles. The lowest BCUT2D eigenvalue weighted by molar-refractivity contribution is -0.414. The molecule has 1 fully saturated rings. The van der Waals surface area contributed by atoms with Crippen LogP contribution in [0, 0.1) is 11.7 Å². The van der Waals surface area contributed by atoms with Crippen LogP contribution in [0.5, 0.6) is 5.75 Å². The van der Waals surface area contributed by atoms with Crippen molar-refractivity contribution in [3.8, 4) is 5.75 Å². The van der Waals surface area contributed by atoms with Crippen LogP contribution in [-0.2, 0) is 14.3 Å². The highest BCUT2D eigenvalue weighted by Crippen LogP contribution is 2.43. The first kappa shape index (κ1) is 27.6. The van der Waals surface area contributed by atoms with E-state index in [1.54, 1.807) is 24.7 Å². The van der Waals surface area contributed by atoms with Crippen LogP contribution in [0.1, 0.15) is 39.5 Å². The van der Waals surface area contributed by atoms with Crippen molar-refractivity contribution in [3.05, 3.63) is 45.9 Å². The summed E-state index contributed by atoms with van der Waals surface area (Å²) >= 11 is 1.34. The predicted octanol–water partition coefficient (Wildman–Crippen LogP) is 4.09. The van der Waals surface area contributed by atoms with Gasteiger partial charge in [0.15, 0.2) is 6.21 Å². The Balaban J connectivity index is 1.97. The number of likely N-dealkylation sites (N-methyl/N-ethyl adjacent to an activating group) is 1. The standard InChI is InChI=1S/C26H33FN4O4S/c1-15-22(25(29-4)36-23(15)26(33)34-6)24(28-3)30-19-12-11-18(27)13-21(19)35-20-10-8-7-9-17(20)14-31(5)16(2)32/h11-14,17,20,25,29H,3,7-10H2,1-2,4-6H3/p+1. The van der Waals surface area contributed by atoms with Gasteiger partial charge in [-0.1, -0.05) is 18.2 Å². The van der Waals surface area contributed by atoms with Crippen LogP contribution in [0.2, 0.25) is 0 Å². The molecule has 3 atom stereocenters. The summed E-state index contributed by atoms with van der Waals surface area (Å²) in [4.78, 5) is 28.7. The van der Waals surface area contributed by atoms with Gasteiger partial charge < -0.3 is 20.1 Å². The molecule has 0 saturated heterocycles. The number of methoxy groups -OCH3 is 1. The van der Waals surface area contributed by atoms with Crippen LogP contribution in [0.3, 0.4) is 0 Å². The molecule has 0 spiro atoms. The highest BCUT2D eigenvalue weighted by atomic mass is 32.2. The van der Waals surface area contributed by atoms with Crippen molar-refractivity contribution < 1.29 is 28.0 Å². The SMILES string of the molecule is C=NC(Nc1ccc(F)cc1OC1CCCCC1C=[N+](C)C(C)=O)=C1C(C)=C(C(=O)OC)SC1NC. The molecule has 3 rings (SSSR count). The third-order valence-electron chi connectivity index (χ3n) is 6.43. The van der Waals surface area contributed by atoms with E-state index in [0.717, 1.165) is 36.8 Å². The zero-order valence-electron chi connectivity index (χ0n) is 21.4. The number of rotatable bonds is 8. The molecule has 1 aromatic carbocycles. The first-order valence-electron chi connectivity index (χ1n) is 11.9. The molecule has 1 aromatic rings. The van der Waals surface area contributed by atoms with Crippen molar-refractivity contribution in [2.45, 2.75) is 51.0 Å². The molecule has 1 amide bonds. The number of thioether (sulfide) groups is 1. The number of ether oxygens (including phenoxy) is 2. The van der Waals surface area contributed by atoms with E-state index < -0.39 is 11.8 Å². The number of nitrogens with one attached hydrogen (secondary N) is 2. The maximum atomic E-state index is 14.3. The highest BCUT2D eigenvalue weighted by molar-refractivity contribution is 8.05. The van der Waals surface area contributed by atoms with Gasteiger partial charge in [-0.2, -0.15) is 4.58 Å². The van der Waals surface area contributed by atoms with E-state index in [4.69, 9.17) is 9.47 Å². The Morgan fingerprint density at radius 2 is 2.03 bits per heavy atom. The number of carbonyl (C=O) groups excluding carboxylic acids is 2. The third-order valence-corrected chi connectivity index (χ3v) is 7.84. The van der Waals surface area contributed by atoms with Gasteiger partial charge in [0.05, 0.1) is 35.9 Å². The lowest BCUT2D eigenvalue weighted by atomic mass is 9.87. The number of benzene rings is 1. The molecule has 0 aromatic heterocycles. The average Bonchev–Trinajstić information content (AvgIpc) is 3.20. The minimum Gasteiger partial charge on any atom is -0.487 e. The maximum Gasteiger partial charge on any atom is 0.383 e. The fourth-order valence-electron chi connectivity index (χ4n) is 4.40. The van der Waals surface area contributed by atoms with Crippen LogP contribution < -0.4 is 15.4 Å². The first-order valence-corrected chi connectivity index (χ1v) is 12.7. The van der Waals surface area contributed by atoms with E-state index in [1.165, 1.54) is 37.9 Å². The van der Waals surface area contributed by atoms with E-state index in [2.05, 4.69) is 22.3 Å². The number of aliphatic imine (C=N–C) groups is 1. The second-order valence-corrected chi connectivity index (χ2v) is 9.92. The summed E-state index contributed by atoms with van der Waals surface area (Å²) in [6.07, 6.45) is 5.38.